The molecule has 1 aromatic rings. The Morgan fingerprint density at radius 3 is 2.52 bits per heavy atom. The van der Waals surface area contributed by atoms with Gasteiger partial charge in [-0.1, -0.05) is 0 Å². The van der Waals surface area contributed by atoms with E-state index in [1.807, 2.05) is 0 Å². The molecule has 8 heteroatoms. The number of hydrogen-bond donors (Lipinski definition) is 1. The molecule has 0 unspecified atom stereocenters. The third-order valence-electron chi connectivity index (χ3n) is 3.89. The van der Waals surface area contributed by atoms with Crippen LogP contribution in [0.5, 0.6) is 0 Å². The van der Waals surface area contributed by atoms with Gasteiger partial charge in [-0.15, -0.1) is 0 Å². The summed E-state index contributed by atoms with van der Waals surface area (Å²) in [6, 6.07) is 4.44. The molecule has 0 bridgehead atoms. The van der Waals surface area contributed by atoms with Crippen molar-refractivity contribution in [2.24, 2.45) is 0 Å². The largest absolute Gasteiger partial charge is 0.453 e. The Kier molecular flexibility index (Phi) is 5.15. The molecule has 1 amide bonds. The topological polar surface area (TPSA) is 102 Å². The van der Waals surface area contributed by atoms with Crippen LogP contribution in [0.3, 0.4) is 0 Å². The number of carbonyl (C=O) groups excluding carboxylic acids is 2. The summed E-state index contributed by atoms with van der Waals surface area (Å²) < 4.78 is 4.67. The number of anilines is 1. The van der Waals surface area contributed by atoms with Gasteiger partial charge in [0.2, 0.25) is 0 Å². The summed E-state index contributed by atoms with van der Waals surface area (Å²) in [5.41, 5.74) is 0.576. The van der Waals surface area contributed by atoms with Crippen LogP contribution >= 0.6 is 0 Å². The maximum Gasteiger partial charge on any atom is 0.409 e. The second-order valence-electron chi connectivity index (χ2n) is 5.42. The molecule has 23 heavy (non-hydrogen) atoms. The highest BCUT2D eigenvalue weighted by atomic mass is 16.6. The average molecular weight is 321 g/mol. The Labute approximate surface area is 133 Å². The highest BCUT2D eigenvalue weighted by molar-refractivity contribution is 5.95. The van der Waals surface area contributed by atoms with Crippen molar-refractivity contribution in [2.75, 3.05) is 25.5 Å². The predicted molar refractivity (Wildman–Crippen MR) is 83.7 cm³/mol. The van der Waals surface area contributed by atoms with Gasteiger partial charge in [0.25, 0.3) is 5.69 Å². The van der Waals surface area contributed by atoms with E-state index in [1.54, 1.807) is 17.0 Å². The summed E-state index contributed by atoms with van der Waals surface area (Å²) in [7, 11) is 1.34. The van der Waals surface area contributed by atoms with Crippen LogP contribution in [0.15, 0.2) is 18.2 Å². The lowest BCUT2D eigenvalue weighted by atomic mass is 10.0. The van der Waals surface area contributed by atoms with Gasteiger partial charge >= 0.3 is 6.09 Å². The van der Waals surface area contributed by atoms with Crippen LogP contribution in [0.4, 0.5) is 16.2 Å². The van der Waals surface area contributed by atoms with Gasteiger partial charge < -0.3 is 15.0 Å². The van der Waals surface area contributed by atoms with Gasteiger partial charge in [-0.05, 0) is 31.9 Å². The van der Waals surface area contributed by atoms with Crippen molar-refractivity contribution in [2.45, 2.75) is 25.8 Å². The lowest BCUT2D eigenvalue weighted by molar-refractivity contribution is -0.384. The molecule has 0 aromatic heterocycles. The molecule has 124 valence electrons. The average Bonchev–Trinajstić information content (AvgIpc) is 2.54. The molecule has 0 aliphatic carbocycles. The summed E-state index contributed by atoms with van der Waals surface area (Å²) >= 11 is 0. The molecule has 1 saturated heterocycles. The molecule has 0 saturated carbocycles. The Balaban J connectivity index is 2.07. The standard InChI is InChI=1S/C15H19N3O5/c1-10(19)11-3-4-13(14(9-11)18(21)22)16-12-5-7-17(8-6-12)15(20)23-2/h3-4,9,12,16H,5-8H2,1-2H3. The zero-order chi connectivity index (χ0) is 17.0. The van der Waals surface area contributed by atoms with Crippen molar-refractivity contribution < 1.29 is 19.2 Å². The van der Waals surface area contributed by atoms with E-state index in [0.29, 0.717) is 37.2 Å². The number of benzene rings is 1. The Morgan fingerprint density at radius 1 is 1.35 bits per heavy atom. The SMILES string of the molecule is COC(=O)N1CCC(Nc2ccc(C(C)=O)cc2[N+](=O)[O-])CC1. The van der Waals surface area contributed by atoms with Gasteiger partial charge in [-0.3, -0.25) is 14.9 Å². The summed E-state index contributed by atoms with van der Waals surface area (Å²) in [5, 5.41) is 14.3. The maximum absolute atomic E-state index is 11.4. The van der Waals surface area contributed by atoms with E-state index in [4.69, 9.17) is 0 Å². The number of ether oxygens (including phenoxy) is 1. The third-order valence-corrected chi connectivity index (χ3v) is 3.89. The summed E-state index contributed by atoms with van der Waals surface area (Å²) in [6.45, 7) is 2.43. The van der Waals surface area contributed by atoms with Crippen molar-refractivity contribution >= 4 is 23.3 Å². The number of carbonyl (C=O) groups is 2. The lowest BCUT2D eigenvalue weighted by Gasteiger charge is -2.31. The van der Waals surface area contributed by atoms with Crippen LogP contribution in [0.25, 0.3) is 0 Å². The lowest BCUT2D eigenvalue weighted by Crippen LogP contribution is -2.42. The van der Waals surface area contributed by atoms with E-state index in [-0.39, 0.29) is 23.6 Å². The molecule has 1 aromatic carbocycles. The Bertz CT molecular complexity index is 624. The first-order valence-corrected chi connectivity index (χ1v) is 7.31. The normalized spacial score (nSPS) is 15.1. The molecular formula is C15H19N3O5. The number of amides is 1. The predicted octanol–water partition coefficient (Wildman–Crippen LogP) is 2.44. The van der Waals surface area contributed by atoms with E-state index in [2.05, 4.69) is 10.1 Å². The molecule has 1 aliphatic rings. The van der Waals surface area contributed by atoms with Crippen molar-refractivity contribution in [3.8, 4) is 0 Å². The minimum Gasteiger partial charge on any atom is -0.453 e. The Morgan fingerprint density at radius 2 is 2.00 bits per heavy atom. The third kappa shape index (κ3) is 3.97. The molecule has 1 N–H and O–H groups in total. The minimum absolute atomic E-state index is 0.0257. The highest BCUT2D eigenvalue weighted by Gasteiger charge is 2.25. The smallest absolute Gasteiger partial charge is 0.409 e. The van der Waals surface area contributed by atoms with Gasteiger partial charge in [-0.2, -0.15) is 0 Å². The number of piperidine rings is 1. The van der Waals surface area contributed by atoms with Gasteiger partial charge in [-0.25, -0.2) is 4.79 Å². The monoisotopic (exact) mass is 321 g/mol. The first-order valence-electron chi connectivity index (χ1n) is 7.31. The Hall–Kier alpha value is -2.64. The summed E-state index contributed by atoms with van der Waals surface area (Å²) in [6.07, 6.45) is 0.974. The van der Waals surface area contributed by atoms with Crippen LogP contribution in [-0.4, -0.2) is 47.9 Å². The van der Waals surface area contributed by atoms with Crippen LogP contribution < -0.4 is 5.32 Å². The van der Waals surface area contributed by atoms with E-state index in [1.165, 1.54) is 20.1 Å². The number of Topliss-reactive ketones (excluding diaryl/α,β-unsaturated/α-hetero) is 1. The molecule has 1 heterocycles. The zero-order valence-corrected chi connectivity index (χ0v) is 13.1. The molecule has 0 atom stereocenters. The number of nitrogens with zero attached hydrogens (tertiary/aromatic N) is 2. The van der Waals surface area contributed by atoms with Gasteiger partial charge in [0, 0.05) is 30.8 Å². The van der Waals surface area contributed by atoms with Crippen molar-refractivity contribution in [3.63, 3.8) is 0 Å². The number of nitrogens with one attached hydrogen (secondary N) is 1. The van der Waals surface area contributed by atoms with Gasteiger partial charge in [0.1, 0.15) is 5.69 Å². The number of nitro groups is 1. The summed E-state index contributed by atoms with van der Waals surface area (Å²) in [4.78, 5) is 35.1. The fourth-order valence-electron chi connectivity index (χ4n) is 2.58. The number of likely N-dealkylation sites (tertiary alicyclic amines) is 1. The maximum atomic E-state index is 11.4. The van der Waals surface area contributed by atoms with Crippen LogP contribution in [-0.2, 0) is 4.74 Å². The molecule has 8 nitrogen and oxygen atoms in total. The number of nitro benzene ring substituents is 1. The van der Waals surface area contributed by atoms with Crippen LogP contribution in [0.1, 0.15) is 30.1 Å². The van der Waals surface area contributed by atoms with Gasteiger partial charge in [0.15, 0.2) is 5.78 Å². The number of ketones is 1. The molecular weight excluding hydrogens is 302 g/mol. The van der Waals surface area contributed by atoms with Crippen molar-refractivity contribution in [3.05, 3.63) is 33.9 Å². The second kappa shape index (κ2) is 7.08. The molecule has 1 fully saturated rings. The zero-order valence-electron chi connectivity index (χ0n) is 13.1. The minimum atomic E-state index is -0.502. The highest BCUT2D eigenvalue weighted by Crippen LogP contribution is 2.28. The van der Waals surface area contributed by atoms with Crippen molar-refractivity contribution in [1.82, 2.24) is 4.90 Å². The second-order valence-corrected chi connectivity index (χ2v) is 5.42. The van der Waals surface area contributed by atoms with E-state index in [0.717, 1.165) is 0 Å². The fourth-order valence-corrected chi connectivity index (χ4v) is 2.58. The molecule has 1 aliphatic heterocycles. The van der Waals surface area contributed by atoms with E-state index in [9.17, 15) is 19.7 Å². The quantitative estimate of drug-likeness (QED) is 0.519. The van der Waals surface area contributed by atoms with Crippen molar-refractivity contribution in [1.29, 1.82) is 0 Å². The summed E-state index contributed by atoms with van der Waals surface area (Å²) in [5.74, 6) is -0.217. The number of rotatable bonds is 4. The number of methoxy groups -OCH3 is 1. The number of hydrogen-bond acceptors (Lipinski definition) is 6. The van der Waals surface area contributed by atoms with E-state index < -0.39 is 4.92 Å². The van der Waals surface area contributed by atoms with Gasteiger partial charge in [0.05, 0.1) is 12.0 Å². The molecule has 2 rings (SSSR count). The fraction of sp³-hybridized carbons (Fsp3) is 0.467. The van der Waals surface area contributed by atoms with Crippen LogP contribution in [0.2, 0.25) is 0 Å². The first kappa shape index (κ1) is 16.7. The van der Waals surface area contributed by atoms with E-state index >= 15 is 0 Å². The molecule has 0 radical (unpaired) electrons. The van der Waals surface area contributed by atoms with Crippen LogP contribution in [0, 0.1) is 10.1 Å². The first-order chi connectivity index (χ1) is 10.9. The molecule has 0 spiro atoms.